The first-order valence-electron chi connectivity index (χ1n) is 10.3. The van der Waals surface area contributed by atoms with Crippen LogP contribution in [0, 0.1) is 13.8 Å². The van der Waals surface area contributed by atoms with Crippen LogP contribution >= 0.6 is 0 Å². The Hall–Kier alpha value is -2.52. The van der Waals surface area contributed by atoms with Gasteiger partial charge in [0.25, 0.3) is 0 Å². The molecule has 8 nitrogen and oxygen atoms in total. The fourth-order valence-corrected chi connectivity index (χ4v) is 6.23. The van der Waals surface area contributed by atoms with Crippen LogP contribution < -0.4 is 5.32 Å². The molecule has 0 unspecified atom stereocenters. The molecule has 3 heterocycles. The van der Waals surface area contributed by atoms with Crippen molar-refractivity contribution in [2.24, 2.45) is 0 Å². The third-order valence-corrected chi connectivity index (χ3v) is 8.08. The number of sulfonamides is 1. The fraction of sp³-hybridized carbons (Fsp3) is 0.476. The molecule has 0 bridgehead atoms. The van der Waals surface area contributed by atoms with E-state index in [1.807, 2.05) is 6.92 Å². The van der Waals surface area contributed by atoms with Crippen LogP contribution in [0.1, 0.15) is 55.1 Å². The third-order valence-electron chi connectivity index (χ3n) is 5.93. The van der Waals surface area contributed by atoms with Gasteiger partial charge in [0.05, 0.1) is 10.6 Å². The number of piperidine rings is 1. The van der Waals surface area contributed by atoms with Gasteiger partial charge in [-0.15, -0.1) is 0 Å². The molecule has 0 aliphatic carbocycles. The second kappa shape index (κ2) is 7.63. The minimum Gasteiger partial charge on any atom is -0.310 e. The van der Waals surface area contributed by atoms with Crippen molar-refractivity contribution < 1.29 is 18.0 Å². The third kappa shape index (κ3) is 3.45. The summed E-state index contributed by atoms with van der Waals surface area (Å²) < 4.78 is 29.7. The average molecular weight is 431 g/mol. The summed E-state index contributed by atoms with van der Waals surface area (Å²) in [7, 11) is -3.67. The van der Waals surface area contributed by atoms with E-state index in [1.165, 1.54) is 4.68 Å². The van der Waals surface area contributed by atoms with Crippen molar-refractivity contribution >= 4 is 27.7 Å². The van der Waals surface area contributed by atoms with Gasteiger partial charge >= 0.3 is 0 Å². The second-order valence-electron chi connectivity index (χ2n) is 8.10. The molecule has 1 saturated heterocycles. The highest BCUT2D eigenvalue weighted by Crippen LogP contribution is 2.36. The first kappa shape index (κ1) is 20.7. The Morgan fingerprint density at radius 1 is 1.13 bits per heavy atom. The van der Waals surface area contributed by atoms with Crippen molar-refractivity contribution in [1.29, 1.82) is 0 Å². The van der Waals surface area contributed by atoms with Crippen LogP contribution in [0.4, 0.5) is 5.82 Å². The molecule has 2 aromatic rings. The van der Waals surface area contributed by atoms with Gasteiger partial charge in [-0.1, -0.05) is 18.6 Å². The van der Waals surface area contributed by atoms with Gasteiger partial charge in [-0.25, -0.2) is 8.42 Å². The van der Waals surface area contributed by atoms with Crippen LogP contribution in [-0.2, 0) is 14.8 Å². The van der Waals surface area contributed by atoms with Crippen molar-refractivity contribution in [3.05, 3.63) is 29.5 Å². The number of nitrogens with one attached hydrogen (secondary N) is 1. The summed E-state index contributed by atoms with van der Waals surface area (Å²) in [4.78, 5) is 24.7. The lowest BCUT2D eigenvalue weighted by molar-refractivity contribution is -0.116. The number of rotatable bonds is 3. The molecule has 1 aromatic heterocycles. The maximum atomic E-state index is 13.5. The Morgan fingerprint density at radius 2 is 1.90 bits per heavy atom. The van der Waals surface area contributed by atoms with Crippen molar-refractivity contribution in [2.45, 2.75) is 63.8 Å². The summed E-state index contributed by atoms with van der Waals surface area (Å²) in [6, 6.07) is 5.16. The van der Waals surface area contributed by atoms with E-state index in [4.69, 9.17) is 0 Å². The van der Waals surface area contributed by atoms with E-state index >= 15 is 0 Å². The number of hydrogen-bond acceptors (Lipinski definition) is 5. The molecule has 0 spiro atoms. The molecule has 30 heavy (non-hydrogen) atoms. The number of anilines is 1. The van der Waals surface area contributed by atoms with E-state index in [0.717, 1.165) is 19.3 Å². The Bertz CT molecular complexity index is 1140. The predicted molar refractivity (Wildman–Crippen MR) is 113 cm³/mol. The van der Waals surface area contributed by atoms with Gasteiger partial charge in [0.15, 0.2) is 0 Å². The van der Waals surface area contributed by atoms with Crippen LogP contribution in [0.3, 0.4) is 0 Å². The number of nitrogens with zero attached hydrogens (tertiary/aromatic N) is 3. The summed E-state index contributed by atoms with van der Waals surface area (Å²) in [6.07, 6.45) is 2.91. The van der Waals surface area contributed by atoms with E-state index in [9.17, 15) is 18.0 Å². The lowest BCUT2D eigenvalue weighted by Crippen LogP contribution is -2.42. The molecule has 160 valence electrons. The van der Waals surface area contributed by atoms with E-state index in [1.54, 1.807) is 36.4 Å². The quantitative estimate of drug-likeness (QED) is 0.806. The highest BCUT2D eigenvalue weighted by atomic mass is 32.2. The van der Waals surface area contributed by atoms with Gasteiger partial charge in [-0.2, -0.15) is 14.1 Å². The molecule has 2 aliphatic heterocycles. The van der Waals surface area contributed by atoms with E-state index in [2.05, 4.69) is 10.4 Å². The second-order valence-corrected chi connectivity index (χ2v) is 9.96. The van der Waals surface area contributed by atoms with E-state index < -0.39 is 10.0 Å². The summed E-state index contributed by atoms with van der Waals surface area (Å²) in [5.41, 5.74) is 2.39. The highest BCUT2D eigenvalue weighted by Gasteiger charge is 2.33. The zero-order chi connectivity index (χ0) is 21.6. The molecule has 1 N–H and O–H groups in total. The monoisotopic (exact) mass is 430 g/mol. The van der Waals surface area contributed by atoms with Crippen molar-refractivity contribution in [3.63, 3.8) is 0 Å². The van der Waals surface area contributed by atoms with Crippen LogP contribution in [0.25, 0.3) is 11.1 Å². The molecule has 1 aromatic carbocycles. The van der Waals surface area contributed by atoms with Crippen molar-refractivity contribution in [3.8, 4) is 11.1 Å². The molecule has 2 aliphatic rings. The molecule has 0 radical (unpaired) electrons. The highest BCUT2D eigenvalue weighted by molar-refractivity contribution is 7.89. The van der Waals surface area contributed by atoms with Gasteiger partial charge in [0, 0.05) is 31.0 Å². The van der Waals surface area contributed by atoms with Gasteiger partial charge in [-0.3, -0.25) is 9.59 Å². The Balaban J connectivity index is 1.84. The number of carbonyl (C=O) groups is 2. The summed E-state index contributed by atoms with van der Waals surface area (Å²) in [6.45, 7) is 5.98. The first-order valence-corrected chi connectivity index (χ1v) is 11.7. The van der Waals surface area contributed by atoms with E-state index in [0.29, 0.717) is 34.7 Å². The smallest absolute Gasteiger partial charge is 0.249 e. The molecule has 1 amide bonds. The largest absolute Gasteiger partial charge is 0.310 e. The fourth-order valence-electron chi connectivity index (χ4n) is 4.28. The molecular weight excluding hydrogens is 404 g/mol. The zero-order valence-corrected chi connectivity index (χ0v) is 18.3. The minimum absolute atomic E-state index is 0.0436. The topological polar surface area (TPSA) is 101 Å². The van der Waals surface area contributed by atoms with Crippen LogP contribution in [0.2, 0.25) is 0 Å². The molecule has 0 saturated carbocycles. The predicted octanol–water partition coefficient (Wildman–Crippen LogP) is 3.10. The zero-order valence-electron chi connectivity index (χ0n) is 17.4. The first-order chi connectivity index (χ1) is 14.2. The van der Waals surface area contributed by atoms with Crippen LogP contribution in [-0.4, -0.2) is 46.9 Å². The number of amides is 1. The Kier molecular flexibility index (Phi) is 5.27. The SMILES string of the molecule is Cc1ccc(-c2c(C)nn3c2NC(=O)CCC3=O)cc1S(=O)(=O)N1CCCC[C@H]1C. The molecular formula is C21H26N4O4S. The van der Waals surface area contributed by atoms with Crippen molar-refractivity contribution in [2.75, 3.05) is 11.9 Å². The number of benzene rings is 1. The average Bonchev–Trinajstić information content (AvgIpc) is 2.95. The number of fused-ring (bicyclic) bond motifs is 1. The number of carbonyl (C=O) groups excluding carboxylic acids is 2. The molecule has 1 atom stereocenters. The molecule has 4 rings (SSSR count). The van der Waals surface area contributed by atoms with Crippen molar-refractivity contribution in [1.82, 2.24) is 14.1 Å². The normalized spacial score (nSPS) is 20.6. The molecule has 1 fully saturated rings. The van der Waals surface area contributed by atoms with Gasteiger partial charge in [0.2, 0.25) is 21.8 Å². The minimum atomic E-state index is -3.67. The Morgan fingerprint density at radius 3 is 2.63 bits per heavy atom. The maximum Gasteiger partial charge on any atom is 0.249 e. The molecule has 9 heteroatoms. The van der Waals surface area contributed by atoms with Crippen LogP contribution in [0.15, 0.2) is 23.1 Å². The number of aryl methyl sites for hydroxylation is 2. The lowest BCUT2D eigenvalue weighted by Gasteiger charge is -2.32. The summed E-state index contributed by atoms with van der Waals surface area (Å²) in [5.74, 6) is -0.219. The van der Waals surface area contributed by atoms with Gasteiger partial charge < -0.3 is 5.32 Å². The van der Waals surface area contributed by atoms with Gasteiger partial charge in [0.1, 0.15) is 5.82 Å². The number of aromatic nitrogens is 2. The van der Waals surface area contributed by atoms with Crippen LogP contribution in [0.5, 0.6) is 0 Å². The van der Waals surface area contributed by atoms with E-state index in [-0.39, 0.29) is 35.6 Å². The van der Waals surface area contributed by atoms with Gasteiger partial charge in [-0.05, 0) is 50.8 Å². The Labute approximate surface area is 176 Å². The maximum absolute atomic E-state index is 13.5. The number of hydrogen-bond donors (Lipinski definition) is 1. The standard InChI is InChI=1S/C21H26N4O4S/c1-13-7-8-16(12-17(13)30(28,29)24-11-5-4-6-14(24)2)20-15(3)23-25-19(27)10-9-18(26)22-21(20)25/h7-8,12,14H,4-6,9-11H2,1-3H3,(H,22,26)/t14-/m1/s1. The summed E-state index contributed by atoms with van der Waals surface area (Å²) in [5, 5.41) is 7.08. The lowest BCUT2D eigenvalue weighted by atomic mass is 10.0. The summed E-state index contributed by atoms with van der Waals surface area (Å²) >= 11 is 0.